The summed E-state index contributed by atoms with van der Waals surface area (Å²) >= 11 is 2.97. The Morgan fingerprint density at radius 1 is 1.12 bits per heavy atom. The zero-order valence-electron chi connectivity index (χ0n) is 15.5. The van der Waals surface area contributed by atoms with Crippen LogP contribution >= 0.6 is 29.8 Å². The Kier molecular flexibility index (Phi) is 7.84. The van der Waals surface area contributed by atoms with Crippen LogP contribution in [0.2, 0.25) is 0 Å². The van der Waals surface area contributed by atoms with Gasteiger partial charge in [0.2, 0.25) is 0 Å². The first-order valence-electron chi connectivity index (χ1n) is 8.48. The topological polar surface area (TPSA) is 49.4 Å². The highest BCUT2D eigenvalue weighted by Gasteiger charge is 2.32. The average Bonchev–Trinajstić information content (AvgIpc) is 2.68. The number of nitrogens with one attached hydrogen (secondary N) is 1. The normalized spacial score (nSPS) is 14.5. The maximum Gasteiger partial charge on any atom is 0.294 e. The van der Waals surface area contributed by atoms with Gasteiger partial charge in [0.25, 0.3) is 12.6 Å². The molecule has 7 heteroatoms. The lowest BCUT2D eigenvalue weighted by atomic mass is 10.2. The van der Waals surface area contributed by atoms with Crippen molar-refractivity contribution in [1.82, 2.24) is 9.76 Å². The first-order chi connectivity index (χ1) is 12.4. The van der Waals surface area contributed by atoms with Crippen molar-refractivity contribution in [3.05, 3.63) is 60.2 Å². The molecule has 1 N–H and O–H groups in total. The molecule has 2 atom stereocenters. The lowest BCUT2D eigenvalue weighted by Gasteiger charge is -2.28. The summed E-state index contributed by atoms with van der Waals surface area (Å²) in [4.78, 5) is 15.0. The van der Waals surface area contributed by atoms with Crippen molar-refractivity contribution in [2.45, 2.75) is 35.3 Å². The van der Waals surface area contributed by atoms with Gasteiger partial charge in [-0.1, -0.05) is 55.2 Å². The van der Waals surface area contributed by atoms with Crippen molar-refractivity contribution in [2.24, 2.45) is 0 Å². The molecule has 0 saturated carbocycles. The molecule has 26 heavy (non-hydrogen) atoms. The van der Waals surface area contributed by atoms with Gasteiger partial charge in [-0.3, -0.25) is 14.0 Å². The molecule has 1 amide bonds. The van der Waals surface area contributed by atoms with Gasteiger partial charge in [0.15, 0.2) is 0 Å². The summed E-state index contributed by atoms with van der Waals surface area (Å²) in [5, 5.41) is 3.06. The van der Waals surface area contributed by atoms with Crippen LogP contribution in [-0.4, -0.2) is 29.9 Å². The first kappa shape index (κ1) is 21.1. The van der Waals surface area contributed by atoms with Crippen molar-refractivity contribution >= 4 is 35.7 Å². The van der Waals surface area contributed by atoms with E-state index in [-0.39, 0.29) is 11.2 Å². The van der Waals surface area contributed by atoms with E-state index in [2.05, 4.69) is 5.09 Å². The van der Waals surface area contributed by atoms with E-state index in [9.17, 15) is 9.36 Å². The number of amides is 1. The van der Waals surface area contributed by atoms with Gasteiger partial charge in [-0.2, -0.15) is 0 Å². The van der Waals surface area contributed by atoms with E-state index in [1.54, 1.807) is 38.0 Å². The number of carbonyl (C=O) groups excluding carboxylic acids is 1. The molecule has 2 aromatic carbocycles. The fourth-order valence-electron chi connectivity index (χ4n) is 2.19. The van der Waals surface area contributed by atoms with Gasteiger partial charge in [-0.05, 0) is 49.9 Å². The van der Waals surface area contributed by atoms with Crippen LogP contribution in [0.15, 0.2) is 64.4 Å². The first-order valence-corrected chi connectivity index (χ1v) is 12.4. The van der Waals surface area contributed by atoms with Gasteiger partial charge in [0, 0.05) is 27.7 Å². The van der Waals surface area contributed by atoms with E-state index < -0.39 is 6.65 Å². The molecule has 2 rings (SSSR count). The fraction of sp³-hybridized carbons (Fsp3) is 0.316. The average molecular weight is 409 g/mol. The van der Waals surface area contributed by atoms with Crippen molar-refractivity contribution in [3.8, 4) is 0 Å². The second-order valence-electron chi connectivity index (χ2n) is 5.84. The molecule has 0 radical (unpaired) electrons. The minimum absolute atomic E-state index is 0.202. The molecule has 4 nitrogen and oxygen atoms in total. The highest BCUT2D eigenvalue weighted by atomic mass is 32.7. The summed E-state index contributed by atoms with van der Waals surface area (Å²) in [7, 11) is 3.24. The van der Waals surface area contributed by atoms with Crippen LogP contribution < -0.4 is 5.09 Å². The third-order valence-corrected chi connectivity index (χ3v) is 10.7. The molecule has 0 heterocycles. The number of hydrogen-bond acceptors (Lipinski definition) is 4. The Balaban J connectivity index is 2.12. The van der Waals surface area contributed by atoms with Gasteiger partial charge < -0.3 is 0 Å². The maximum atomic E-state index is 13.1. The Bertz CT molecular complexity index is 769. The van der Waals surface area contributed by atoms with Gasteiger partial charge >= 0.3 is 0 Å². The summed E-state index contributed by atoms with van der Waals surface area (Å²) < 4.78 is 14.5. The van der Waals surface area contributed by atoms with Crippen LogP contribution in [0.25, 0.3) is 0 Å². The van der Waals surface area contributed by atoms with Crippen LogP contribution in [0.4, 0.5) is 0 Å². The highest BCUT2D eigenvalue weighted by Crippen LogP contribution is 2.59. The molecular weight excluding hydrogens is 383 g/mol. The molecule has 0 aliphatic heterocycles. The predicted octanol–water partition coefficient (Wildman–Crippen LogP) is 5.77. The van der Waals surface area contributed by atoms with Crippen molar-refractivity contribution < 1.29 is 9.36 Å². The lowest BCUT2D eigenvalue weighted by molar-refractivity contribution is 0.0882. The number of nitrogens with zero attached hydrogens (tertiary/aromatic N) is 1. The smallest absolute Gasteiger partial charge is 0.272 e. The molecule has 0 saturated heterocycles. The molecule has 0 aliphatic carbocycles. The van der Waals surface area contributed by atoms with Crippen LogP contribution in [0, 0.1) is 0 Å². The van der Waals surface area contributed by atoms with E-state index in [1.807, 2.05) is 56.3 Å². The number of hydrogen-bond donors (Lipinski definition) is 1. The maximum absolute atomic E-state index is 13.1. The molecule has 0 aliphatic rings. The van der Waals surface area contributed by atoms with Crippen molar-refractivity contribution in [2.75, 3.05) is 14.1 Å². The Hall–Kier alpha value is -1.20. The largest absolute Gasteiger partial charge is 0.294 e. The number of carbonyl (C=O) groups is 1. The van der Waals surface area contributed by atoms with Gasteiger partial charge in [-0.25, -0.2) is 5.09 Å². The summed E-state index contributed by atoms with van der Waals surface area (Å²) in [6.07, 6.45) is 0.893. The monoisotopic (exact) mass is 408 g/mol. The van der Waals surface area contributed by atoms with Crippen LogP contribution in [-0.2, 0) is 4.57 Å². The predicted molar refractivity (Wildman–Crippen MR) is 113 cm³/mol. The third kappa shape index (κ3) is 5.40. The SMILES string of the molecule is CCC(C)SP(=O)(NC)N(C)C(=O)c1ccc(Sc2ccccc2)cc1. The highest BCUT2D eigenvalue weighted by molar-refractivity contribution is 8.57. The van der Waals surface area contributed by atoms with Crippen LogP contribution in [0.3, 0.4) is 0 Å². The summed E-state index contributed by atoms with van der Waals surface area (Å²) in [6.45, 7) is 1.05. The zero-order chi connectivity index (χ0) is 19.2. The minimum Gasteiger partial charge on any atom is -0.272 e. The van der Waals surface area contributed by atoms with Gasteiger partial charge in [-0.15, -0.1) is 0 Å². The molecular formula is C19H25N2O2PS2. The van der Waals surface area contributed by atoms with E-state index in [4.69, 9.17) is 0 Å². The fourth-order valence-corrected chi connectivity index (χ4v) is 7.44. The molecule has 0 fully saturated rings. The van der Waals surface area contributed by atoms with Gasteiger partial charge in [0.1, 0.15) is 0 Å². The summed E-state index contributed by atoms with van der Waals surface area (Å²) in [6, 6.07) is 17.5. The molecule has 0 aromatic heterocycles. The second kappa shape index (κ2) is 9.65. The quantitative estimate of drug-likeness (QED) is 0.562. The van der Waals surface area contributed by atoms with Crippen LogP contribution in [0.5, 0.6) is 0 Å². The molecule has 140 valence electrons. The standard InChI is InChI=1S/C19H25N2O2PS2/c1-5-15(2)26-24(23,20-3)21(4)19(22)16-11-13-18(14-12-16)25-17-9-7-6-8-10-17/h6-15H,5H2,1-4H3,(H,20,23). The lowest BCUT2D eigenvalue weighted by Crippen LogP contribution is -2.28. The number of benzene rings is 2. The van der Waals surface area contributed by atoms with Gasteiger partial charge in [0.05, 0.1) is 0 Å². The molecule has 2 aromatic rings. The Morgan fingerprint density at radius 2 is 1.69 bits per heavy atom. The molecule has 0 bridgehead atoms. The van der Waals surface area contributed by atoms with E-state index in [0.717, 1.165) is 16.2 Å². The molecule has 0 spiro atoms. The second-order valence-corrected chi connectivity index (χ2v) is 12.2. The Morgan fingerprint density at radius 3 is 2.23 bits per heavy atom. The molecule has 2 unspecified atom stereocenters. The van der Waals surface area contributed by atoms with E-state index >= 15 is 0 Å². The van der Waals surface area contributed by atoms with Crippen LogP contribution in [0.1, 0.15) is 30.6 Å². The summed E-state index contributed by atoms with van der Waals surface area (Å²) in [5.41, 5.74) is 0.533. The minimum atomic E-state index is -3.01. The van der Waals surface area contributed by atoms with E-state index in [0.29, 0.717) is 5.56 Å². The number of rotatable bonds is 8. The zero-order valence-corrected chi connectivity index (χ0v) is 18.0. The van der Waals surface area contributed by atoms with Crippen molar-refractivity contribution in [1.29, 1.82) is 0 Å². The van der Waals surface area contributed by atoms with Crippen molar-refractivity contribution in [3.63, 3.8) is 0 Å². The Labute approximate surface area is 164 Å². The summed E-state index contributed by atoms with van der Waals surface area (Å²) in [5.74, 6) is -0.241. The third-order valence-electron chi connectivity index (χ3n) is 3.95. The van der Waals surface area contributed by atoms with E-state index in [1.165, 1.54) is 16.1 Å².